The van der Waals surface area contributed by atoms with Gasteiger partial charge in [-0.15, -0.1) is 0 Å². The summed E-state index contributed by atoms with van der Waals surface area (Å²) < 4.78 is 9.74. The van der Waals surface area contributed by atoms with Crippen molar-refractivity contribution in [2.24, 2.45) is 0 Å². The molecule has 0 atom stereocenters. The monoisotopic (exact) mass is 372 g/mol. The zero-order valence-corrected chi connectivity index (χ0v) is 16.0. The first-order valence-corrected chi connectivity index (χ1v) is 6.31. The van der Waals surface area contributed by atoms with E-state index in [1.165, 1.54) is 14.2 Å². The van der Waals surface area contributed by atoms with Crippen molar-refractivity contribution in [2.45, 2.75) is 0 Å². The molecular formula is C16H20O6Zn+6. The molecule has 0 radical (unpaired) electrons. The number of hydrogen-bond donors (Lipinski definition) is 0. The largest absolute Gasteiger partial charge is 2.00 e. The molecule has 0 heterocycles. The molecule has 2 aromatic rings. The van der Waals surface area contributed by atoms with Gasteiger partial charge in [0, 0.05) is 0 Å². The predicted molar refractivity (Wildman–Crippen MR) is 86.3 cm³/mol. The van der Waals surface area contributed by atoms with E-state index in [4.69, 9.17) is 29.3 Å². The van der Waals surface area contributed by atoms with Crippen LogP contribution in [0.1, 0.15) is 11.1 Å². The number of rotatable bonds is 4. The standard InChI is InChI=1S/2C8H8O3.Zn/c2*1-11-7-4-2-3-6(5-9)8(7)10;/h2*2-5,10H,1H3;/q;;+2/p+4. The number of ether oxygens (including phenoxy) is 2. The minimum atomic E-state index is 0. The summed E-state index contributed by atoms with van der Waals surface area (Å²) in [6, 6.07) is 10.1. The van der Waals surface area contributed by atoms with Crippen LogP contribution in [0.5, 0.6) is 23.0 Å². The van der Waals surface area contributed by atoms with E-state index >= 15 is 0 Å². The molecule has 23 heavy (non-hydrogen) atoms. The van der Waals surface area contributed by atoms with E-state index < -0.39 is 0 Å². The summed E-state index contributed by atoms with van der Waals surface area (Å²) in [6.45, 7) is 0. The first kappa shape index (κ1) is 20.6. The molecule has 0 saturated carbocycles. The molecule has 2 rings (SSSR count). The summed E-state index contributed by atoms with van der Waals surface area (Å²) in [7, 11) is 2.99. The maximum atomic E-state index is 8.64. The fourth-order valence-electron chi connectivity index (χ4n) is 1.65. The fraction of sp³-hybridized carbons (Fsp3) is 0.125. The molecule has 0 aliphatic carbocycles. The minimum absolute atomic E-state index is 0. The van der Waals surface area contributed by atoms with Crippen molar-refractivity contribution in [2.75, 3.05) is 14.2 Å². The molecule has 6 nitrogen and oxygen atoms in total. The Balaban J connectivity index is 0.000000403. The fourth-order valence-corrected chi connectivity index (χ4v) is 1.65. The van der Waals surface area contributed by atoms with Crippen LogP contribution >= 0.6 is 0 Å². The van der Waals surface area contributed by atoms with Crippen molar-refractivity contribution in [1.29, 1.82) is 0 Å². The molecular weight excluding hydrogens is 354 g/mol. The molecule has 0 unspecified atom stereocenters. The minimum Gasteiger partial charge on any atom is -0.590 e. The molecule has 7 heteroatoms. The van der Waals surface area contributed by atoms with Gasteiger partial charge in [-0.2, -0.15) is 0 Å². The second kappa shape index (κ2) is 10.3. The van der Waals surface area contributed by atoms with Crippen LogP contribution < -0.4 is 9.47 Å². The molecule has 0 aliphatic rings. The molecule has 2 aromatic carbocycles. The zero-order valence-electron chi connectivity index (χ0n) is 13.0. The van der Waals surface area contributed by atoms with Crippen LogP contribution in [-0.2, 0) is 19.5 Å². The third kappa shape index (κ3) is 5.38. The summed E-state index contributed by atoms with van der Waals surface area (Å²) >= 11 is 0. The van der Waals surface area contributed by atoms with Gasteiger partial charge < -0.3 is 19.7 Å². The number of hydrogen-bond acceptors (Lipinski definition) is 2. The van der Waals surface area contributed by atoms with Gasteiger partial charge in [0.25, 0.3) is 0 Å². The quantitative estimate of drug-likeness (QED) is 0.457. The Morgan fingerprint density at radius 3 is 1.39 bits per heavy atom. The van der Waals surface area contributed by atoms with E-state index in [-0.39, 0.29) is 31.0 Å². The Hall–Kier alpha value is -2.40. The normalized spacial score (nSPS) is 8.78. The number of aldehydes is 2. The Labute approximate surface area is 146 Å². The first-order valence-electron chi connectivity index (χ1n) is 6.31. The second-order valence-electron chi connectivity index (χ2n) is 4.11. The van der Waals surface area contributed by atoms with Crippen molar-refractivity contribution in [3.05, 3.63) is 47.5 Å². The second-order valence-corrected chi connectivity index (χ2v) is 4.11. The van der Waals surface area contributed by atoms with Gasteiger partial charge in [0.05, 0.1) is 14.2 Å². The van der Waals surface area contributed by atoms with Crippen molar-refractivity contribution in [3.63, 3.8) is 0 Å². The van der Waals surface area contributed by atoms with Gasteiger partial charge in [0.1, 0.15) is 0 Å². The number of benzene rings is 2. The zero-order chi connectivity index (χ0) is 16.5. The van der Waals surface area contributed by atoms with Crippen molar-refractivity contribution in [1.82, 2.24) is 0 Å². The van der Waals surface area contributed by atoms with E-state index in [0.29, 0.717) is 22.6 Å². The van der Waals surface area contributed by atoms with E-state index in [2.05, 4.69) is 0 Å². The van der Waals surface area contributed by atoms with Crippen molar-refractivity contribution < 1.29 is 48.8 Å². The predicted octanol–water partition coefficient (Wildman–Crippen LogP) is 1.31. The van der Waals surface area contributed by atoms with Crippen LogP contribution in [0.15, 0.2) is 36.4 Å². The summed E-state index contributed by atoms with van der Waals surface area (Å²) in [4.78, 5) is 17.3. The number of methoxy groups -OCH3 is 2. The van der Waals surface area contributed by atoms with Gasteiger partial charge in [-0.1, -0.05) is 12.1 Å². The Kier molecular flexibility index (Phi) is 9.27. The van der Waals surface area contributed by atoms with Gasteiger partial charge in [0.15, 0.2) is 11.1 Å². The number of carbonyl (C=O) groups excluding carboxylic acids is 2. The SMILES string of the molecule is COc1cccc(C=[OH+])c1[OH2+].COc1cccc(C=[OH+])c1[OH2+].[Zn+2]. The Bertz CT molecular complexity index is 600. The van der Waals surface area contributed by atoms with Crippen LogP contribution in [0, 0.1) is 0 Å². The molecule has 0 aliphatic heterocycles. The van der Waals surface area contributed by atoms with Gasteiger partial charge in [-0.3, -0.25) is 9.59 Å². The van der Waals surface area contributed by atoms with Gasteiger partial charge in [-0.05, 0) is 24.3 Å². The third-order valence-corrected chi connectivity index (χ3v) is 2.83. The first-order chi connectivity index (χ1) is 10.6. The summed E-state index contributed by atoms with van der Waals surface area (Å²) in [6.07, 6.45) is 1.79. The number of para-hydroxylation sites is 2. The van der Waals surface area contributed by atoms with Gasteiger partial charge in [0.2, 0.25) is 11.5 Å². The van der Waals surface area contributed by atoms with Gasteiger partial charge >= 0.3 is 43.5 Å². The summed E-state index contributed by atoms with van der Waals surface area (Å²) in [5, 5.41) is 14.9. The topological polar surface area (TPSA) is 107 Å². The van der Waals surface area contributed by atoms with Gasteiger partial charge in [-0.25, -0.2) is 0 Å². The maximum Gasteiger partial charge on any atom is 2.00 e. The van der Waals surface area contributed by atoms with Crippen LogP contribution in [0.25, 0.3) is 0 Å². The smallest absolute Gasteiger partial charge is 0.590 e. The van der Waals surface area contributed by atoms with E-state index in [0.717, 1.165) is 12.6 Å². The molecule has 6 N–H and O–H groups in total. The molecule has 116 valence electrons. The Morgan fingerprint density at radius 1 is 0.783 bits per heavy atom. The van der Waals surface area contributed by atoms with E-state index in [9.17, 15) is 0 Å². The third-order valence-electron chi connectivity index (χ3n) is 2.83. The average molecular weight is 374 g/mol. The molecule has 0 amide bonds. The molecule has 0 spiro atoms. The molecule has 0 saturated heterocycles. The molecule has 0 fully saturated rings. The summed E-state index contributed by atoms with van der Waals surface area (Å²) in [5.74, 6) is 1.34. The van der Waals surface area contributed by atoms with Crippen molar-refractivity contribution in [3.8, 4) is 23.0 Å². The maximum absolute atomic E-state index is 8.64. The van der Waals surface area contributed by atoms with E-state index in [1.54, 1.807) is 36.4 Å². The van der Waals surface area contributed by atoms with Crippen LogP contribution in [0.4, 0.5) is 0 Å². The van der Waals surface area contributed by atoms with Crippen LogP contribution in [0.3, 0.4) is 0 Å². The van der Waals surface area contributed by atoms with Crippen molar-refractivity contribution >= 4 is 12.6 Å². The van der Waals surface area contributed by atoms with E-state index in [1.807, 2.05) is 0 Å². The summed E-state index contributed by atoms with van der Waals surface area (Å²) in [5.41, 5.74) is 0.925. The average Bonchev–Trinajstić information content (AvgIpc) is 2.56. The molecule has 0 bridgehead atoms. The van der Waals surface area contributed by atoms with Crippen LogP contribution in [0.2, 0.25) is 0 Å². The Morgan fingerprint density at radius 2 is 1.13 bits per heavy atom. The van der Waals surface area contributed by atoms with Crippen LogP contribution in [-0.4, -0.2) is 46.6 Å². The molecule has 0 aromatic heterocycles.